The molecular weight excluding hydrogens is 425 g/mol. The minimum Gasteiger partial charge on any atom is -0.369 e. The maximum atomic E-state index is 15.1. The first-order valence-electron chi connectivity index (χ1n) is 10.6. The number of rotatable bonds is 2. The van der Waals surface area contributed by atoms with E-state index in [-0.39, 0.29) is 27.7 Å². The molecule has 1 unspecified atom stereocenters. The third-order valence-electron chi connectivity index (χ3n) is 6.51. The molecule has 1 N–H and O–H groups in total. The summed E-state index contributed by atoms with van der Waals surface area (Å²) in [6.45, 7) is 8.23. The van der Waals surface area contributed by atoms with Crippen LogP contribution >= 0.6 is 12.2 Å². The van der Waals surface area contributed by atoms with Gasteiger partial charge in [0.05, 0.1) is 5.69 Å². The molecule has 0 aromatic heterocycles. The Bertz CT molecular complexity index is 1190. The fraction of sp³-hybridized carbons (Fsp3) is 0.320. The molecule has 2 aliphatic rings. The van der Waals surface area contributed by atoms with Crippen molar-refractivity contribution in [2.45, 2.75) is 45.6 Å². The van der Waals surface area contributed by atoms with Crippen molar-refractivity contribution in [2.75, 3.05) is 16.8 Å². The fourth-order valence-corrected chi connectivity index (χ4v) is 4.84. The van der Waals surface area contributed by atoms with Crippen LogP contribution in [0.25, 0.3) is 6.08 Å². The molecule has 1 fully saturated rings. The van der Waals surface area contributed by atoms with E-state index in [1.807, 2.05) is 26.1 Å². The van der Waals surface area contributed by atoms with Gasteiger partial charge in [-0.05, 0) is 80.7 Å². The van der Waals surface area contributed by atoms with Crippen LogP contribution in [0.15, 0.2) is 42.0 Å². The van der Waals surface area contributed by atoms with Gasteiger partial charge < -0.3 is 4.90 Å². The van der Waals surface area contributed by atoms with Crippen LogP contribution in [0.4, 0.5) is 15.8 Å². The van der Waals surface area contributed by atoms with Crippen molar-refractivity contribution in [1.29, 1.82) is 0 Å². The lowest BCUT2D eigenvalue weighted by molar-refractivity contribution is -0.122. The highest BCUT2D eigenvalue weighted by atomic mass is 32.1. The van der Waals surface area contributed by atoms with Gasteiger partial charge in [-0.3, -0.25) is 19.8 Å². The summed E-state index contributed by atoms with van der Waals surface area (Å²) in [4.78, 5) is 29.3. The van der Waals surface area contributed by atoms with Gasteiger partial charge in [-0.2, -0.15) is 0 Å². The summed E-state index contributed by atoms with van der Waals surface area (Å²) in [6.07, 6.45) is 2.24. The molecule has 7 heteroatoms. The van der Waals surface area contributed by atoms with Crippen LogP contribution in [-0.4, -0.2) is 29.5 Å². The van der Waals surface area contributed by atoms with Gasteiger partial charge in [-0.25, -0.2) is 4.39 Å². The van der Waals surface area contributed by atoms with Gasteiger partial charge in [0.25, 0.3) is 11.8 Å². The topological polar surface area (TPSA) is 52.7 Å². The number of hydrogen-bond acceptors (Lipinski definition) is 4. The molecule has 0 bridgehead atoms. The zero-order valence-corrected chi connectivity index (χ0v) is 19.6. The summed E-state index contributed by atoms with van der Waals surface area (Å²) in [6, 6.07) is 10.5. The van der Waals surface area contributed by atoms with E-state index in [2.05, 4.69) is 31.0 Å². The molecule has 32 heavy (non-hydrogen) atoms. The molecule has 2 aromatic rings. The van der Waals surface area contributed by atoms with Crippen molar-refractivity contribution in [3.05, 3.63) is 64.5 Å². The van der Waals surface area contributed by atoms with Gasteiger partial charge in [0.2, 0.25) is 0 Å². The summed E-state index contributed by atoms with van der Waals surface area (Å²) < 4.78 is 15.1. The highest BCUT2D eigenvalue weighted by molar-refractivity contribution is 7.80. The summed E-state index contributed by atoms with van der Waals surface area (Å²) in [5.74, 6) is -1.48. The molecule has 0 radical (unpaired) electrons. The molecule has 0 saturated carbocycles. The first-order valence-corrected chi connectivity index (χ1v) is 11.0. The van der Waals surface area contributed by atoms with Gasteiger partial charge in [0.15, 0.2) is 5.11 Å². The van der Waals surface area contributed by atoms with Crippen molar-refractivity contribution in [3.8, 4) is 0 Å². The third kappa shape index (κ3) is 3.60. The number of hydrogen-bond donors (Lipinski definition) is 1. The second-order valence-corrected chi connectivity index (χ2v) is 9.54. The largest absolute Gasteiger partial charge is 0.369 e. The molecule has 4 rings (SSSR count). The summed E-state index contributed by atoms with van der Waals surface area (Å²) in [5, 5.41) is 2.57. The van der Waals surface area contributed by atoms with E-state index in [4.69, 9.17) is 12.2 Å². The minimum absolute atomic E-state index is 0.00911. The van der Waals surface area contributed by atoms with Crippen LogP contribution in [0.3, 0.4) is 0 Å². The van der Waals surface area contributed by atoms with Gasteiger partial charge in [-0.1, -0.05) is 25.1 Å². The smallest absolute Gasteiger partial charge is 0.270 e. The Morgan fingerprint density at radius 3 is 2.56 bits per heavy atom. The maximum Gasteiger partial charge on any atom is 0.270 e. The van der Waals surface area contributed by atoms with Crippen molar-refractivity contribution in [1.82, 2.24) is 5.32 Å². The Balaban J connectivity index is 1.79. The number of nitrogens with zero attached hydrogens (tertiary/aromatic N) is 2. The van der Waals surface area contributed by atoms with E-state index < -0.39 is 17.6 Å². The van der Waals surface area contributed by atoms with Crippen molar-refractivity contribution in [2.24, 2.45) is 0 Å². The van der Waals surface area contributed by atoms with E-state index in [1.165, 1.54) is 17.0 Å². The second kappa shape index (κ2) is 7.81. The van der Waals surface area contributed by atoms with Crippen molar-refractivity contribution < 1.29 is 14.0 Å². The van der Waals surface area contributed by atoms with Gasteiger partial charge >= 0.3 is 0 Å². The number of benzene rings is 2. The Morgan fingerprint density at radius 1 is 1.19 bits per heavy atom. The van der Waals surface area contributed by atoms with Gasteiger partial charge in [-0.15, -0.1) is 0 Å². The molecule has 5 nitrogen and oxygen atoms in total. The maximum absolute atomic E-state index is 15.1. The number of carbonyl (C=O) groups excluding carboxylic acids is 2. The molecule has 2 aliphatic heterocycles. The Hall–Kier alpha value is -3.06. The van der Waals surface area contributed by atoms with Crippen LogP contribution in [0.2, 0.25) is 0 Å². The number of nitrogens with one attached hydrogen (secondary N) is 1. The van der Waals surface area contributed by atoms with Gasteiger partial charge in [0, 0.05) is 23.8 Å². The molecule has 2 amide bonds. The number of carbonyl (C=O) groups is 2. The monoisotopic (exact) mass is 451 g/mol. The number of amides is 2. The molecule has 166 valence electrons. The molecule has 0 aliphatic carbocycles. The molecular formula is C25H26FN3O2S. The quantitative estimate of drug-likeness (QED) is 0.409. The summed E-state index contributed by atoms with van der Waals surface area (Å²) >= 11 is 5.26. The molecule has 0 spiro atoms. The minimum atomic E-state index is -0.631. The van der Waals surface area contributed by atoms with Gasteiger partial charge in [0.1, 0.15) is 11.4 Å². The number of aryl methyl sites for hydroxylation is 1. The first kappa shape index (κ1) is 22.1. The summed E-state index contributed by atoms with van der Waals surface area (Å²) in [5.41, 5.74) is 3.19. The Labute approximate surface area is 192 Å². The van der Waals surface area contributed by atoms with Crippen LogP contribution in [0.1, 0.15) is 49.8 Å². The number of fused-ring (bicyclic) bond motifs is 1. The highest BCUT2D eigenvalue weighted by Gasteiger charge is 2.37. The zero-order valence-electron chi connectivity index (χ0n) is 18.8. The Morgan fingerprint density at radius 2 is 1.88 bits per heavy atom. The molecule has 2 heterocycles. The zero-order chi connectivity index (χ0) is 23.4. The predicted molar refractivity (Wildman–Crippen MR) is 129 cm³/mol. The van der Waals surface area contributed by atoms with Crippen LogP contribution in [0.5, 0.6) is 0 Å². The lowest BCUT2D eigenvalue weighted by atomic mass is 9.80. The van der Waals surface area contributed by atoms with E-state index >= 15 is 4.39 Å². The number of para-hydroxylation sites is 1. The normalized spacial score (nSPS) is 21.6. The van der Waals surface area contributed by atoms with E-state index in [9.17, 15) is 9.59 Å². The predicted octanol–water partition coefficient (Wildman–Crippen LogP) is 4.69. The van der Waals surface area contributed by atoms with Crippen LogP contribution in [0, 0.1) is 12.7 Å². The fourth-order valence-electron chi connectivity index (χ4n) is 4.56. The lowest BCUT2D eigenvalue weighted by Crippen LogP contribution is -2.54. The first-order chi connectivity index (χ1) is 15.0. The molecule has 1 saturated heterocycles. The van der Waals surface area contributed by atoms with Crippen LogP contribution in [-0.2, 0) is 9.59 Å². The Kier molecular flexibility index (Phi) is 5.41. The standard InChI is InChI=1S/C25H26FN3O2S/c1-14-8-6-7-9-20(14)29-23(31)18(22(30)27-24(29)32)11-16-10-17-15(2)13-25(3,4)28(5)21(17)12-19(16)26/h6-12,15H,13H2,1-5H3,(H,27,30,32)/b18-11-. The van der Waals surface area contributed by atoms with E-state index in [1.54, 1.807) is 18.2 Å². The van der Waals surface area contributed by atoms with Crippen molar-refractivity contribution in [3.63, 3.8) is 0 Å². The summed E-state index contributed by atoms with van der Waals surface area (Å²) in [7, 11) is 1.96. The van der Waals surface area contributed by atoms with Crippen LogP contribution < -0.4 is 15.1 Å². The molecule has 2 aromatic carbocycles. The number of thiocarbonyl (C=S) groups is 1. The highest BCUT2D eigenvalue weighted by Crippen LogP contribution is 2.43. The SMILES string of the molecule is Cc1ccccc1N1C(=O)/C(=C\c2cc3c(cc2F)N(C)C(C)(C)CC3C)C(=O)NC1=S. The van der Waals surface area contributed by atoms with E-state index in [0.717, 1.165) is 23.2 Å². The number of halogens is 1. The molecule has 1 atom stereocenters. The van der Waals surface area contributed by atoms with Crippen molar-refractivity contribution >= 4 is 46.6 Å². The number of anilines is 2. The second-order valence-electron chi connectivity index (χ2n) is 9.15. The average molecular weight is 452 g/mol. The van der Waals surface area contributed by atoms with E-state index in [0.29, 0.717) is 5.69 Å². The lowest BCUT2D eigenvalue weighted by Gasteiger charge is -2.45. The average Bonchev–Trinajstić information content (AvgIpc) is 2.71. The third-order valence-corrected chi connectivity index (χ3v) is 6.79.